The molecule has 0 aliphatic carbocycles. The van der Waals surface area contributed by atoms with E-state index in [1.165, 1.54) is 11.6 Å². The molecule has 0 amide bonds. The molecule has 3 aromatic rings. The average Bonchev–Trinajstić information content (AvgIpc) is 3.22. The van der Waals surface area contributed by atoms with Crippen LogP contribution in [0.2, 0.25) is 0 Å². The molecule has 1 aliphatic rings. The van der Waals surface area contributed by atoms with Crippen LogP contribution in [-0.4, -0.2) is 26.4 Å². The lowest BCUT2D eigenvalue weighted by Gasteiger charge is -2.25. The Labute approximate surface area is 146 Å². The number of benzene rings is 1. The summed E-state index contributed by atoms with van der Waals surface area (Å²) in [5, 5.41) is 8.54. The number of aromatic nitrogens is 3. The fourth-order valence-corrected chi connectivity index (χ4v) is 3.26. The summed E-state index contributed by atoms with van der Waals surface area (Å²) >= 11 is 0. The van der Waals surface area contributed by atoms with E-state index >= 15 is 0 Å². The van der Waals surface area contributed by atoms with E-state index in [1.807, 2.05) is 16.9 Å². The highest BCUT2D eigenvalue weighted by atomic mass is 19.1. The minimum atomic E-state index is -0.270. The average molecular weight is 340 g/mol. The first kappa shape index (κ1) is 16.0. The molecule has 25 heavy (non-hydrogen) atoms. The van der Waals surface area contributed by atoms with E-state index in [9.17, 15) is 4.39 Å². The van der Waals surface area contributed by atoms with Crippen LogP contribution in [0, 0.1) is 5.82 Å². The third-order valence-corrected chi connectivity index (χ3v) is 4.63. The van der Waals surface area contributed by atoms with Crippen molar-refractivity contribution in [2.24, 2.45) is 0 Å². The van der Waals surface area contributed by atoms with Crippen LogP contribution < -0.4 is 0 Å². The fourth-order valence-electron chi connectivity index (χ4n) is 3.26. The summed E-state index contributed by atoms with van der Waals surface area (Å²) < 4.78 is 21.6. The second kappa shape index (κ2) is 6.44. The van der Waals surface area contributed by atoms with Gasteiger partial charge in [0.15, 0.2) is 0 Å². The van der Waals surface area contributed by atoms with Gasteiger partial charge in [-0.05, 0) is 26.0 Å². The summed E-state index contributed by atoms with van der Waals surface area (Å²) in [4.78, 5) is 2.32. The maximum atomic E-state index is 14.1. The predicted octanol–water partition coefficient (Wildman–Crippen LogP) is 3.82. The zero-order valence-electron chi connectivity index (χ0n) is 14.4. The third-order valence-electron chi connectivity index (χ3n) is 4.63. The van der Waals surface area contributed by atoms with Gasteiger partial charge in [-0.15, -0.1) is 0 Å². The highest BCUT2D eigenvalue weighted by Crippen LogP contribution is 2.31. The van der Waals surface area contributed by atoms with Gasteiger partial charge in [0.1, 0.15) is 17.3 Å². The summed E-state index contributed by atoms with van der Waals surface area (Å²) in [6.45, 7) is 6.64. The highest BCUT2D eigenvalue weighted by Gasteiger charge is 2.26. The minimum absolute atomic E-state index is 0.270. The van der Waals surface area contributed by atoms with Gasteiger partial charge < -0.3 is 4.52 Å². The van der Waals surface area contributed by atoms with E-state index in [0.29, 0.717) is 23.8 Å². The molecule has 2 aromatic heterocycles. The maximum absolute atomic E-state index is 14.1. The summed E-state index contributed by atoms with van der Waals surface area (Å²) in [6.07, 6.45) is 4.79. The molecule has 0 N–H and O–H groups in total. The quantitative estimate of drug-likeness (QED) is 0.724. The molecular weight excluding hydrogens is 319 g/mol. The van der Waals surface area contributed by atoms with Gasteiger partial charge in [-0.3, -0.25) is 9.58 Å². The van der Waals surface area contributed by atoms with Gasteiger partial charge in [-0.2, -0.15) is 5.10 Å². The molecule has 6 heteroatoms. The molecule has 0 atom stereocenters. The van der Waals surface area contributed by atoms with Crippen molar-refractivity contribution < 1.29 is 8.91 Å². The van der Waals surface area contributed by atoms with Gasteiger partial charge in [0.2, 0.25) is 0 Å². The molecule has 4 rings (SSSR count). The zero-order valence-corrected chi connectivity index (χ0v) is 14.4. The number of hydrogen-bond acceptors (Lipinski definition) is 4. The summed E-state index contributed by atoms with van der Waals surface area (Å²) in [5.74, 6) is 0.598. The Bertz CT molecular complexity index is 883. The number of rotatable bonds is 4. The lowest BCUT2D eigenvalue weighted by atomic mass is 10.0. The van der Waals surface area contributed by atoms with Crippen molar-refractivity contribution in [3.05, 3.63) is 59.4 Å². The number of halogens is 1. The van der Waals surface area contributed by atoms with E-state index in [2.05, 4.69) is 35.2 Å². The molecule has 0 spiro atoms. The monoisotopic (exact) mass is 340 g/mol. The second-order valence-corrected chi connectivity index (χ2v) is 6.80. The van der Waals surface area contributed by atoms with Crippen LogP contribution in [-0.2, 0) is 19.5 Å². The smallest absolute Gasteiger partial charge is 0.143 e. The first-order valence-corrected chi connectivity index (χ1v) is 8.59. The van der Waals surface area contributed by atoms with Crippen molar-refractivity contribution in [2.75, 3.05) is 6.54 Å². The van der Waals surface area contributed by atoms with Crippen LogP contribution >= 0.6 is 0 Å². The first-order chi connectivity index (χ1) is 12.1. The fraction of sp³-hybridized carbons (Fsp3) is 0.368. The molecule has 1 aliphatic heterocycles. The largest absolute Gasteiger partial charge is 0.360 e. The zero-order chi connectivity index (χ0) is 17.4. The SMILES string of the molecule is CC(C)n1cc(CN2CCc3onc(-c4ccccc4F)c3C2)cn1. The third kappa shape index (κ3) is 3.09. The van der Waals surface area contributed by atoms with Gasteiger partial charge in [0.25, 0.3) is 0 Å². The molecule has 0 fully saturated rings. The molecule has 0 bridgehead atoms. The van der Waals surface area contributed by atoms with Crippen molar-refractivity contribution in [3.8, 4) is 11.3 Å². The van der Waals surface area contributed by atoms with Crippen LogP contribution in [0.1, 0.15) is 36.8 Å². The molecule has 130 valence electrons. The number of hydrogen-bond donors (Lipinski definition) is 0. The van der Waals surface area contributed by atoms with Crippen molar-refractivity contribution in [1.82, 2.24) is 19.8 Å². The minimum Gasteiger partial charge on any atom is -0.360 e. The van der Waals surface area contributed by atoms with Crippen LogP contribution in [0.4, 0.5) is 4.39 Å². The Hall–Kier alpha value is -2.47. The molecule has 3 heterocycles. The Morgan fingerprint density at radius 2 is 2.12 bits per heavy atom. The molecule has 0 saturated heterocycles. The summed E-state index contributed by atoms with van der Waals surface area (Å²) in [5.41, 5.74) is 3.30. The summed E-state index contributed by atoms with van der Waals surface area (Å²) in [6, 6.07) is 7.06. The number of fused-ring (bicyclic) bond motifs is 1. The Balaban J connectivity index is 1.56. The summed E-state index contributed by atoms with van der Waals surface area (Å²) in [7, 11) is 0. The molecule has 1 aromatic carbocycles. The van der Waals surface area contributed by atoms with Gasteiger partial charge in [0.05, 0.1) is 6.20 Å². The van der Waals surface area contributed by atoms with Crippen LogP contribution in [0.5, 0.6) is 0 Å². The van der Waals surface area contributed by atoms with Gasteiger partial charge in [0, 0.05) is 55.0 Å². The lowest BCUT2D eigenvalue weighted by molar-refractivity contribution is 0.228. The molecular formula is C19H21FN4O. The first-order valence-electron chi connectivity index (χ1n) is 8.59. The van der Waals surface area contributed by atoms with E-state index in [-0.39, 0.29) is 5.82 Å². The van der Waals surface area contributed by atoms with Crippen molar-refractivity contribution in [2.45, 2.75) is 39.4 Å². The number of nitrogens with zero attached hydrogens (tertiary/aromatic N) is 4. The maximum Gasteiger partial charge on any atom is 0.143 e. The van der Waals surface area contributed by atoms with Crippen LogP contribution in [0.3, 0.4) is 0 Å². The standard InChI is InChI=1S/C19H21FN4O/c1-13(2)24-11-14(9-21-24)10-23-8-7-18-16(12-23)19(22-25-18)15-5-3-4-6-17(15)20/h3-6,9,11,13H,7-8,10,12H2,1-2H3. The second-order valence-electron chi connectivity index (χ2n) is 6.80. The van der Waals surface area contributed by atoms with Gasteiger partial charge in [-0.1, -0.05) is 17.3 Å². The molecule has 0 unspecified atom stereocenters. The van der Waals surface area contributed by atoms with Gasteiger partial charge >= 0.3 is 0 Å². The Morgan fingerprint density at radius 1 is 1.28 bits per heavy atom. The van der Waals surface area contributed by atoms with E-state index < -0.39 is 0 Å². The van der Waals surface area contributed by atoms with Gasteiger partial charge in [-0.25, -0.2) is 4.39 Å². The molecule has 5 nitrogen and oxygen atoms in total. The highest BCUT2D eigenvalue weighted by molar-refractivity contribution is 5.64. The molecule has 0 radical (unpaired) electrons. The van der Waals surface area contributed by atoms with Crippen molar-refractivity contribution in [1.29, 1.82) is 0 Å². The van der Waals surface area contributed by atoms with Crippen LogP contribution in [0.15, 0.2) is 41.2 Å². The topological polar surface area (TPSA) is 47.1 Å². The lowest BCUT2D eigenvalue weighted by Crippen LogP contribution is -2.29. The molecule has 0 saturated carbocycles. The normalized spacial score (nSPS) is 14.9. The van der Waals surface area contributed by atoms with E-state index in [1.54, 1.807) is 12.1 Å². The van der Waals surface area contributed by atoms with E-state index in [0.717, 1.165) is 30.8 Å². The Morgan fingerprint density at radius 3 is 2.88 bits per heavy atom. The van der Waals surface area contributed by atoms with Crippen molar-refractivity contribution in [3.63, 3.8) is 0 Å². The van der Waals surface area contributed by atoms with E-state index in [4.69, 9.17) is 4.52 Å². The van der Waals surface area contributed by atoms with Crippen LogP contribution in [0.25, 0.3) is 11.3 Å². The van der Waals surface area contributed by atoms with Crippen molar-refractivity contribution >= 4 is 0 Å². The Kier molecular flexibility index (Phi) is 4.13. The predicted molar refractivity (Wildman–Crippen MR) is 92.3 cm³/mol.